The first-order valence-electron chi connectivity index (χ1n) is 5.65. The summed E-state index contributed by atoms with van der Waals surface area (Å²) in [7, 11) is 0. The van der Waals surface area contributed by atoms with E-state index in [2.05, 4.69) is 6.92 Å². The van der Waals surface area contributed by atoms with Gasteiger partial charge in [-0.25, -0.2) is 0 Å². The van der Waals surface area contributed by atoms with Gasteiger partial charge in [0.1, 0.15) is 5.75 Å². The van der Waals surface area contributed by atoms with Crippen LogP contribution in [0.3, 0.4) is 0 Å². The van der Waals surface area contributed by atoms with Crippen molar-refractivity contribution >= 4 is 0 Å². The Bertz CT molecular complexity index is 359. The van der Waals surface area contributed by atoms with Gasteiger partial charge in [0, 0.05) is 11.5 Å². The fraction of sp³-hybridized carbons (Fsp3) is 0.538. The molecule has 2 rings (SSSR count). The van der Waals surface area contributed by atoms with Crippen molar-refractivity contribution < 1.29 is 9.47 Å². The topological polar surface area (TPSA) is 44.5 Å². The van der Waals surface area contributed by atoms with Crippen LogP contribution in [0, 0.1) is 5.41 Å². The van der Waals surface area contributed by atoms with Crippen molar-refractivity contribution in [3.05, 3.63) is 29.8 Å². The molecule has 1 atom stereocenters. The van der Waals surface area contributed by atoms with E-state index < -0.39 is 0 Å². The molecule has 0 amide bonds. The van der Waals surface area contributed by atoms with Crippen LogP contribution in [0.1, 0.15) is 25.5 Å². The van der Waals surface area contributed by atoms with Crippen LogP contribution in [-0.2, 0) is 4.74 Å². The molecular formula is C13H19NO2. The number of rotatable bonds is 4. The summed E-state index contributed by atoms with van der Waals surface area (Å²) in [4.78, 5) is 0. The molecule has 2 N–H and O–H groups in total. The Hall–Kier alpha value is -1.06. The molecule has 1 aliphatic rings. The number of ether oxygens (including phenoxy) is 2. The molecule has 3 heteroatoms. The Morgan fingerprint density at radius 3 is 2.81 bits per heavy atom. The summed E-state index contributed by atoms with van der Waals surface area (Å²) in [5.41, 5.74) is 7.12. The zero-order valence-electron chi connectivity index (χ0n) is 9.90. The molecule has 1 heterocycles. The predicted octanol–water partition coefficient (Wildman–Crippen LogP) is 2.12. The van der Waals surface area contributed by atoms with Crippen molar-refractivity contribution in [1.82, 2.24) is 0 Å². The average molecular weight is 221 g/mol. The van der Waals surface area contributed by atoms with Crippen LogP contribution >= 0.6 is 0 Å². The smallest absolute Gasteiger partial charge is 0.119 e. The SMILES string of the molecule is CC(N)c1cccc(OCC2(C)COC2)c1. The van der Waals surface area contributed by atoms with E-state index in [1.807, 2.05) is 31.2 Å². The van der Waals surface area contributed by atoms with Gasteiger partial charge < -0.3 is 15.2 Å². The maximum atomic E-state index is 5.83. The second kappa shape index (κ2) is 4.44. The van der Waals surface area contributed by atoms with Gasteiger partial charge in [0.15, 0.2) is 0 Å². The lowest BCUT2D eigenvalue weighted by atomic mass is 9.90. The molecule has 1 aromatic carbocycles. The quantitative estimate of drug-likeness (QED) is 0.847. The first-order valence-corrected chi connectivity index (χ1v) is 5.65. The van der Waals surface area contributed by atoms with Crippen LogP contribution in [-0.4, -0.2) is 19.8 Å². The zero-order valence-corrected chi connectivity index (χ0v) is 9.90. The Kier molecular flexibility index (Phi) is 3.17. The standard InChI is InChI=1S/C13H19NO2/c1-10(14)11-4-3-5-12(6-11)16-9-13(2)7-15-8-13/h3-6,10H,7-9,14H2,1-2H3. The highest BCUT2D eigenvalue weighted by Gasteiger charge is 2.34. The van der Waals surface area contributed by atoms with Crippen molar-refractivity contribution in [2.45, 2.75) is 19.9 Å². The van der Waals surface area contributed by atoms with Crippen molar-refractivity contribution in [1.29, 1.82) is 0 Å². The molecule has 0 aliphatic carbocycles. The molecule has 1 fully saturated rings. The van der Waals surface area contributed by atoms with E-state index in [1.54, 1.807) is 0 Å². The highest BCUT2D eigenvalue weighted by Crippen LogP contribution is 2.28. The van der Waals surface area contributed by atoms with Gasteiger partial charge in [-0.05, 0) is 24.6 Å². The Balaban J connectivity index is 1.96. The lowest BCUT2D eigenvalue weighted by Gasteiger charge is -2.37. The van der Waals surface area contributed by atoms with Gasteiger partial charge >= 0.3 is 0 Å². The van der Waals surface area contributed by atoms with Crippen molar-refractivity contribution in [3.63, 3.8) is 0 Å². The molecular weight excluding hydrogens is 202 g/mol. The molecule has 3 nitrogen and oxygen atoms in total. The second-order valence-electron chi connectivity index (χ2n) is 4.95. The minimum absolute atomic E-state index is 0.0474. The normalized spacial score (nSPS) is 19.9. The molecule has 1 aliphatic heterocycles. The summed E-state index contributed by atoms with van der Waals surface area (Å²) < 4.78 is 11.0. The lowest BCUT2D eigenvalue weighted by molar-refractivity contribution is -0.120. The van der Waals surface area contributed by atoms with Gasteiger partial charge in [-0.3, -0.25) is 0 Å². The molecule has 1 saturated heterocycles. The van der Waals surface area contributed by atoms with Crippen LogP contribution in [0.5, 0.6) is 5.75 Å². The highest BCUT2D eigenvalue weighted by molar-refractivity contribution is 5.30. The fourth-order valence-corrected chi connectivity index (χ4v) is 1.68. The Morgan fingerprint density at radius 2 is 2.25 bits per heavy atom. The van der Waals surface area contributed by atoms with E-state index in [0.29, 0.717) is 6.61 Å². The number of hydrogen-bond acceptors (Lipinski definition) is 3. The van der Waals surface area contributed by atoms with Gasteiger partial charge in [-0.15, -0.1) is 0 Å². The highest BCUT2D eigenvalue weighted by atomic mass is 16.5. The molecule has 0 spiro atoms. The lowest BCUT2D eigenvalue weighted by Crippen LogP contribution is -2.44. The van der Waals surface area contributed by atoms with Crippen molar-refractivity contribution in [2.24, 2.45) is 11.1 Å². The molecule has 0 bridgehead atoms. The third-order valence-corrected chi connectivity index (χ3v) is 2.87. The molecule has 88 valence electrons. The van der Waals surface area contributed by atoms with Gasteiger partial charge in [-0.1, -0.05) is 19.1 Å². The molecule has 0 saturated carbocycles. The van der Waals surface area contributed by atoms with Crippen LogP contribution in [0.2, 0.25) is 0 Å². The molecule has 16 heavy (non-hydrogen) atoms. The van der Waals surface area contributed by atoms with Crippen LogP contribution in [0.25, 0.3) is 0 Å². The maximum Gasteiger partial charge on any atom is 0.119 e. The van der Waals surface area contributed by atoms with Crippen molar-refractivity contribution in [2.75, 3.05) is 19.8 Å². The van der Waals surface area contributed by atoms with E-state index in [9.17, 15) is 0 Å². The predicted molar refractivity (Wildman–Crippen MR) is 63.5 cm³/mol. The van der Waals surface area contributed by atoms with E-state index >= 15 is 0 Å². The first kappa shape index (κ1) is 11.4. The summed E-state index contributed by atoms with van der Waals surface area (Å²) in [5, 5.41) is 0. The van der Waals surface area contributed by atoms with Crippen LogP contribution < -0.4 is 10.5 Å². The van der Waals surface area contributed by atoms with Gasteiger partial charge in [-0.2, -0.15) is 0 Å². The fourth-order valence-electron chi connectivity index (χ4n) is 1.68. The summed E-state index contributed by atoms with van der Waals surface area (Å²) in [6, 6.07) is 8.02. The van der Waals surface area contributed by atoms with E-state index in [0.717, 1.165) is 24.5 Å². The monoisotopic (exact) mass is 221 g/mol. The molecule has 0 radical (unpaired) electrons. The van der Waals surface area contributed by atoms with Gasteiger partial charge in [0.25, 0.3) is 0 Å². The summed E-state index contributed by atoms with van der Waals surface area (Å²) in [5.74, 6) is 0.892. The molecule has 1 aromatic rings. The molecule has 0 aromatic heterocycles. The minimum Gasteiger partial charge on any atom is -0.493 e. The Labute approximate surface area is 96.5 Å². The number of hydrogen-bond donors (Lipinski definition) is 1. The summed E-state index contributed by atoms with van der Waals surface area (Å²) in [6.07, 6.45) is 0. The average Bonchev–Trinajstić information content (AvgIpc) is 2.24. The zero-order chi connectivity index (χ0) is 11.6. The number of benzene rings is 1. The molecule has 1 unspecified atom stereocenters. The third-order valence-electron chi connectivity index (χ3n) is 2.87. The summed E-state index contributed by atoms with van der Waals surface area (Å²) >= 11 is 0. The largest absolute Gasteiger partial charge is 0.493 e. The number of nitrogens with two attached hydrogens (primary N) is 1. The second-order valence-corrected chi connectivity index (χ2v) is 4.95. The summed E-state index contributed by atoms with van der Waals surface area (Å²) in [6.45, 7) is 6.43. The van der Waals surface area contributed by atoms with Crippen LogP contribution in [0.4, 0.5) is 0 Å². The van der Waals surface area contributed by atoms with Crippen LogP contribution in [0.15, 0.2) is 24.3 Å². The first-order chi connectivity index (χ1) is 7.59. The van der Waals surface area contributed by atoms with Gasteiger partial charge in [0.2, 0.25) is 0 Å². The maximum absolute atomic E-state index is 5.83. The minimum atomic E-state index is 0.0474. The van der Waals surface area contributed by atoms with E-state index in [4.69, 9.17) is 15.2 Å². The van der Waals surface area contributed by atoms with Crippen molar-refractivity contribution in [3.8, 4) is 5.75 Å². The van der Waals surface area contributed by atoms with Gasteiger partial charge in [0.05, 0.1) is 19.8 Å². The van der Waals surface area contributed by atoms with E-state index in [1.165, 1.54) is 0 Å². The Morgan fingerprint density at radius 1 is 1.50 bits per heavy atom. The van der Waals surface area contributed by atoms with E-state index in [-0.39, 0.29) is 11.5 Å². The third kappa shape index (κ3) is 2.54.